The van der Waals surface area contributed by atoms with E-state index in [4.69, 9.17) is 0 Å². The molecule has 0 spiro atoms. The van der Waals surface area contributed by atoms with Gasteiger partial charge in [-0.05, 0) is 29.8 Å². The molecule has 3 aromatic rings. The van der Waals surface area contributed by atoms with Crippen molar-refractivity contribution in [3.8, 4) is 0 Å². The first-order valence-electron chi connectivity index (χ1n) is 8.99. The number of H-pyrrole nitrogens is 1. The molecule has 1 amide bonds. The molecule has 1 aromatic heterocycles. The van der Waals surface area contributed by atoms with E-state index in [0.717, 1.165) is 10.0 Å². The molecule has 0 bridgehead atoms. The number of hydrogen-bond donors (Lipinski definition) is 2. The number of hydrogen-bond acceptors (Lipinski definition) is 6. The minimum atomic E-state index is -3.85. The highest BCUT2D eigenvalue weighted by atomic mass is 79.9. The standard InChI is InChI=1S/C19H20BrN5O3S2/c20-16-6-8-17(9-7-16)30(27,28)25(12-15-4-2-1-3-5-15)13-18(26)21-10-11-29-19-22-14-23-24-19/h1-9,14H,10-13H2,(H,21,26)(H,22,23,24). The van der Waals surface area contributed by atoms with Crippen LogP contribution < -0.4 is 5.32 Å². The first kappa shape index (κ1) is 22.5. The molecular formula is C19H20BrN5O3S2. The third-order valence-electron chi connectivity index (χ3n) is 4.03. The molecule has 30 heavy (non-hydrogen) atoms. The number of sulfonamides is 1. The molecule has 0 saturated heterocycles. The maximum Gasteiger partial charge on any atom is 0.243 e. The SMILES string of the molecule is O=C(CN(Cc1ccccc1)S(=O)(=O)c1ccc(Br)cc1)NCCSc1ncn[nH]1. The average molecular weight is 510 g/mol. The highest BCUT2D eigenvalue weighted by Crippen LogP contribution is 2.20. The van der Waals surface area contributed by atoms with Gasteiger partial charge in [-0.2, -0.15) is 9.40 Å². The number of nitrogens with one attached hydrogen (secondary N) is 2. The molecule has 11 heteroatoms. The number of carbonyl (C=O) groups excluding carboxylic acids is 1. The smallest absolute Gasteiger partial charge is 0.243 e. The van der Waals surface area contributed by atoms with Crippen LogP contribution in [0.15, 0.2) is 75.4 Å². The Morgan fingerprint density at radius 3 is 2.53 bits per heavy atom. The van der Waals surface area contributed by atoms with E-state index >= 15 is 0 Å². The van der Waals surface area contributed by atoms with Crippen LogP contribution in [0.25, 0.3) is 0 Å². The molecule has 0 unspecified atom stereocenters. The largest absolute Gasteiger partial charge is 0.354 e. The van der Waals surface area contributed by atoms with Crippen molar-refractivity contribution >= 4 is 43.6 Å². The van der Waals surface area contributed by atoms with E-state index in [0.29, 0.717) is 17.5 Å². The van der Waals surface area contributed by atoms with Crippen LogP contribution in [0.4, 0.5) is 0 Å². The highest BCUT2D eigenvalue weighted by Gasteiger charge is 2.26. The Morgan fingerprint density at radius 2 is 1.87 bits per heavy atom. The van der Waals surface area contributed by atoms with Crippen molar-refractivity contribution in [3.63, 3.8) is 0 Å². The summed E-state index contributed by atoms with van der Waals surface area (Å²) in [7, 11) is -3.85. The van der Waals surface area contributed by atoms with Crippen molar-refractivity contribution in [1.29, 1.82) is 0 Å². The Labute approximate surface area is 187 Å². The summed E-state index contributed by atoms with van der Waals surface area (Å²) in [4.78, 5) is 16.6. The summed E-state index contributed by atoms with van der Waals surface area (Å²) in [6, 6.07) is 15.5. The molecule has 0 fully saturated rings. The average Bonchev–Trinajstić information content (AvgIpc) is 3.25. The molecule has 0 aliphatic heterocycles. The fourth-order valence-corrected chi connectivity index (χ4v) is 4.87. The summed E-state index contributed by atoms with van der Waals surface area (Å²) < 4.78 is 28.3. The van der Waals surface area contributed by atoms with Crippen LogP contribution in [0.5, 0.6) is 0 Å². The van der Waals surface area contributed by atoms with Crippen LogP contribution in [0.2, 0.25) is 0 Å². The normalized spacial score (nSPS) is 11.5. The number of amides is 1. The second-order valence-corrected chi connectivity index (χ2v) is 10.1. The van der Waals surface area contributed by atoms with Gasteiger partial charge in [-0.3, -0.25) is 9.89 Å². The van der Waals surface area contributed by atoms with Gasteiger partial charge in [0.1, 0.15) is 6.33 Å². The van der Waals surface area contributed by atoms with Crippen LogP contribution >= 0.6 is 27.7 Å². The first-order valence-corrected chi connectivity index (χ1v) is 12.2. The summed E-state index contributed by atoms with van der Waals surface area (Å²) in [6.07, 6.45) is 1.41. The molecule has 0 aliphatic carbocycles. The quantitative estimate of drug-likeness (QED) is 0.321. The molecule has 158 valence electrons. The van der Waals surface area contributed by atoms with Crippen LogP contribution in [0, 0.1) is 0 Å². The monoisotopic (exact) mass is 509 g/mol. The van der Waals surface area contributed by atoms with Gasteiger partial charge >= 0.3 is 0 Å². The number of halogens is 1. The number of carbonyl (C=O) groups is 1. The van der Waals surface area contributed by atoms with Gasteiger partial charge in [0.2, 0.25) is 15.9 Å². The molecule has 2 N–H and O–H groups in total. The Kier molecular flexibility index (Phi) is 8.02. The maximum absolute atomic E-state index is 13.2. The minimum absolute atomic E-state index is 0.0967. The zero-order valence-electron chi connectivity index (χ0n) is 15.9. The molecule has 8 nitrogen and oxygen atoms in total. The number of benzene rings is 2. The predicted octanol–water partition coefficient (Wildman–Crippen LogP) is 2.67. The van der Waals surface area contributed by atoms with E-state index in [1.165, 1.54) is 34.5 Å². The molecule has 1 heterocycles. The second-order valence-electron chi connectivity index (χ2n) is 6.20. The molecule has 0 atom stereocenters. The number of thioether (sulfide) groups is 1. The Morgan fingerprint density at radius 1 is 1.13 bits per heavy atom. The molecule has 3 rings (SSSR count). The predicted molar refractivity (Wildman–Crippen MR) is 118 cm³/mol. The Hall–Kier alpha value is -2.21. The van der Waals surface area contributed by atoms with Crippen LogP contribution in [-0.2, 0) is 21.4 Å². The molecule has 0 aliphatic rings. The topological polar surface area (TPSA) is 108 Å². The minimum Gasteiger partial charge on any atom is -0.354 e. The molecule has 0 saturated carbocycles. The fourth-order valence-electron chi connectivity index (χ4n) is 2.59. The van der Waals surface area contributed by atoms with E-state index < -0.39 is 10.0 Å². The Balaban J connectivity index is 1.67. The van der Waals surface area contributed by atoms with E-state index in [1.54, 1.807) is 12.1 Å². The lowest BCUT2D eigenvalue weighted by atomic mass is 10.2. The van der Waals surface area contributed by atoms with Crippen molar-refractivity contribution < 1.29 is 13.2 Å². The van der Waals surface area contributed by atoms with Crippen molar-refractivity contribution in [2.45, 2.75) is 16.6 Å². The van der Waals surface area contributed by atoms with Crippen molar-refractivity contribution in [1.82, 2.24) is 24.8 Å². The summed E-state index contributed by atoms with van der Waals surface area (Å²) in [5.41, 5.74) is 0.798. The van der Waals surface area contributed by atoms with Crippen molar-refractivity contribution in [3.05, 3.63) is 71.0 Å². The number of rotatable bonds is 10. The van der Waals surface area contributed by atoms with Crippen LogP contribution in [0.1, 0.15) is 5.56 Å². The lowest BCUT2D eigenvalue weighted by molar-refractivity contribution is -0.121. The van der Waals surface area contributed by atoms with Gasteiger partial charge in [0.05, 0.1) is 11.4 Å². The zero-order valence-corrected chi connectivity index (χ0v) is 19.1. The van der Waals surface area contributed by atoms with Gasteiger partial charge in [-0.1, -0.05) is 58.0 Å². The maximum atomic E-state index is 13.2. The zero-order chi connectivity index (χ0) is 21.4. The fraction of sp³-hybridized carbons (Fsp3) is 0.211. The second kappa shape index (κ2) is 10.7. The van der Waals surface area contributed by atoms with E-state index in [-0.39, 0.29) is 23.9 Å². The number of nitrogens with zero attached hydrogens (tertiary/aromatic N) is 3. The number of aromatic nitrogens is 3. The van der Waals surface area contributed by atoms with Gasteiger partial charge in [0, 0.05) is 23.3 Å². The van der Waals surface area contributed by atoms with E-state index in [1.807, 2.05) is 30.3 Å². The van der Waals surface area contributed by atoms with E-state index in [9.17, 15) is 13.2 Å². The van der Waals surface area contributed by atoms with Gasteiger partial charge in [0.15, 0.2) is 5.16 Å². The van der Waals surface area contributed by atoms with Gasteiger partial charge in [-0.15, -0.1) is 0 Å². The van der Waals surface area contributed by atoms with E-state index in [2.05, 4.69) is 36.4 Å². The third-order valence-corrected chi connectivity index (χ3v) is 7.24. The summed E-state index contributed by atoms with van der Waals surface area (Å²) >= 11 is 4.72. The summed E-state index contributed by atoms with van der Waals surface area (Å²) in [5.74, 6) is 0.212. The lowest BCUT2D eigenvalue weighted by Crippen LogP contribution is -2.40. The third kappa shape index (κ3) is 6.39. The van der Waals surface area contributed by atoms with Gasteiger partial charge in [-0.25, -0.2) is 13.4 Å². The van der Waals surface area contributed by atoms with Crippen LogP contribution in [0.3, 0.4) is 0 Å². The molecule has 2 aromatic carbocycles. The summed E-state index contributed by atoms with van der Waals surface area (Å²) in [5, 5.41) is 9.90. The Bertz CT molecular complexity index is 1050. The summed E-state index contributed by atoms with van der Waals surface area (Å²) in [6.45, 7) is 0.196. The van der Waals surface area contributed by atoms with Gasteiger partial charge < -0.3 is 5.32 Å². The molecule has 0 radical (unpaired) electrons. The van der Waals surface area contributed by atoms with Crippen molar-refractivity contribution in [2.24, 2.45) is 0 Å². The van der Waals surface area contributed by atoms with Gasteiger partial charge in [0.25, 0.3) is 0 Å². The first-order chi connectivity index (χ1) is 14.4. The molecular weight excluding hydrogens is 490 g/mol. The highest BCUT2D eigenvalue weighted by molar-refractivity contribution is 9.10. The number of aromatic amines is 1. The van der Waals surface area contributed by atoms with Crippen LogP contribution in [-0.4, -0.2) is 52.7 Å². The van der Waals surface area contributed by atoms with Crippen molar-refractivity contribution in [2.75, 3.05) is 18.8 Å². The lowest BCUT2D eigenvalue weighted by Gasteiger charge is -2.22.